The Labute approximate surface area is 94.1 Å². The maximum atomic E-state index is 11.1. The van der Waals surface area contributed by atoms with Crippen LogP contribution in [0.25, 0.3) is 0 Å². The van der Waals surface area contributed by atoms with E-state index in [1.165, 1.54) is 6.92 Å². The van der Waals surface area contributed by atoms with Crippen molar-refractivity contribution in [1.29, 1.82) is 0 Å². The summed E-state index contributed by atoms with van der Waals surface area (Å²) in [5.74, 6) is -1.08. The Morgan fingerprint density at radius 1 is 1.31 bits per heavy atom. The molecule has 0 aromatic carbocycles. The maximum absolute atomic E-state index is 11.1. The van der Waals surface area contributed by atoms with Crippen molar-refractivity contribution in [3.8, 4) is 0 Å². The molecule has 7 heteroatoms. The number of carbonyl (C=O) groups excluding carboxylic acids is 1. The minimum absolute atomic E-state index is 0.321. The summed E-state index contributed by atoms with van der Waals surface area (Å²) >= 11 is 0. The summed E-state index contributed by atoms with van der Waals surface area (Å²) in [5, 5.41) is 13.2. The molecule has 0 radical (unpaired) electrons. The van der Waals surface area contributed by atoms with Crippen LogP contribution in [0.3, 0.4) is 0 Å². The summed E-state index contributed by atoms with van der Waals surface area (Å²) < 4.78 is 9.85. The van der Waals surface area contributed by atoms with Gasteiger partial charge in [0.05, 0.1) is 19.8 Å². The number of ether oxygens (including phenoxy) is 2. The van der Waals surface area contributed by atoms with Crippen LogP contribution in [0.4, 0.5) is 4.79 Å². The Balaban J connectivity index is 3.40. The van der Waals surface area contributed by atoms with E-state index in [1.807, 2.05) is 0 Å². The SMILES string of the molecule is COCCOCCNC(=O)N[C@H](C)C(=O)O. The molecule has 0 bridgehead atoms. The van der Waals surface area contributed by atoms with Crippen LogP contribution in [-0.4, -0.2) is 56.6 Å². The van der Waals surface area contributed by atoms with E-state index < -0.39 is 18.0 Å². The number of hydrogen-bond donors (Lipinski definition) is 3. The zero-order valence-electron chi connectivity index (χ0n) is 9.49. The predicted molar refractivity (Wildman–Crippen MR) is 56.3 cm³/mol. The molecule has 1 atom stereocenters. The van der Waals surface area contributed by atoms with Gasteiger partial charge in [0, 0.05) is 13.7 Å². The summed E-state index contributed by atoms with van der Waals surface area (Å²) in [6.45, 7) is 3.03. The van der Waals surface area contributed by atoms with Crippen LogP contribution >= 0.6 is 0 Å². The zero-order valence-corrected chi connectivity index (χ0v) is 9.49. The number of carboxylic acids is 1. The summed E-state index contributed by atoms with van der Waals surface area (Å²) in [6.07, 6.45) is 0. The van der Waals surface area contributed by atoms with Gasteiger partial charge < -0.3 is 25.2 Å². The highest BCUT2D eigenvalue weighted by Crippen LogP contribution is 1.81. The van der Waals surface area contributed by atoms with E-state index in [1.54, 1.807) is 7.11 Å². The minimum atomic E-state index is -1.08. The van der Waals surface area contributed by atoms with Crippen LogP contribution in [0.1, 0.15) is 6.92 Å². The van der Waals surface area contributed by atoms with Crippen molar-refractivity contribution < 1.29 is 24.2 Å². The van der Waals surface area contributed by atoms with Gasteiger partial charge in [-0.3, -0.25) is 4.79 Å². The van der Waals surface area contributed by atoms with Crippen molar-refractivity contribution in [2.24, 2.45) is 0 Å². The van der Waals surface area contributed by atoms with Gasteiger partial charge in [-0.2, -0.15) is 0 Å². The van der Waals surface area contributed by atoms with E-state index in [9.17, 15) is 9.59 Å². The summed E-state index contributed by atoms with van der Waals surface area (Å²) in [4.78, 5) is 21.5. The molecule has 16 heavy (non-hydrogen) atoms. The van der Waals surface area contributed by atoms with Crippen LogP contribution in [0, 0.1) is 0 Å². The normalized spacial score (nSPS) is 11.9. The molecule has 0 saturated carbocycles. The lowest BCUT2D eigenvalue weighted by atomic mass is 10.3. The van der Waals surface area contributed by atoms with Crippen molar-refractivity contribution in [3.63, 3.8) is 0 Å². The summed E-state index contributed by atoms with van der Waals surface area (Å²) in [5.41, 5.74) is 0. The first-order valence-electron chi connectivity index (χ1n) is 4.91. The third kappa shape index (κ3) is 8.01. The van der Waals surface area contributed by atoms with Gasteiger partial charge in [0.2, 0.25) is 0 Å². The largest absolute Gasteiger partial charge is 0.480 e. The molecule has 2 amide bonds. The number of carbonyl (C=O) groups is 2. The van der Waals surface area contributed by atoms with E-state index >= 15 is 0 Å². The second-order valence-electron chi connectivity index (χ2n) is 3.07. The first-order valence-corrected chi connectivity index (χ1v) is 4.91. The van der Waals surface area contributed by atoms with E-state index in [4.69, 9.17) is 14.6 Å². The van der Waals surface area contributed by atoms with E-state index in [-0.39, 0.29) is 0 Å². The molecule has 0 spiro atoms. The molecular weight excluding hydrogens is 216 g/mol. The van der Waals surface area contributed by atoms with Crippen LogP contribution in [0.2, 0.25) is 0 Å². The van der Waals surface area contributed by atoms with E-state index in [0.29, 0.717) is 26.4 Å². The highest BCUT2D eigenvalue weighted by Gasteiger charge is 2.12. The molecule has 94 valence electrons. The summed E-state index contributed by atoms with van der Waals surface area (Å²) in [7, 11) is 1.57. The first kappa shape index (κ1) is 14.7. The first-order chi connectivity index (χ1) is 7.57. The van der Waals surface area contributed by atoms with Gasteiger partial charge in [-0.25, -0.2) is 4.79 Å². The molecular formula is C9H18N2O5. The Morgan fingerprint density at radius 2 is 2.00 bits per heavy atom. The van der Waals surface area contributed by atoms with Crippen molar-refractivity contribution in [1.82, 2.24) is 10.6 Å². The third-order valence-electron chi connectivity index (χ3n) is 1.68. The minimum Gasteiger partial charge on any atom is -0.480 e. The lowest BCUT2D eigenvalue weighted by Crippen LogP contribution is -2.45. The van der Waals surface area contributed by atoms with Gasteiger partial charge in [-0.1, -0.05) is 0 Å². The number of aliphatic carboxylic acids is 1. The maximum Gasteiger partial charge on any atom is 0.325 e. The topological polar surface area (TPSA) is 96.9 Å². The van der Waals surface area contributed by atoms with Gasteiger partial charge in [0.1, 0.15) is 6.04 Å². The van der Waals surface area contributed by atoms with Gasteiger partial charge in [-0.15, -0.1) is 0 Å². The number of rotatable bonds is 8. The molecule has 0 aromatic rings. The van der Waals surface area contributed by atoms with Crippen molar-refractivity contribution in [2.75, 3.05) is 33.5 Å². The highest BCUT2D eigenvalue weighted by molar-refractivity contribution is 5.82. The zero-order chi connectivity index (χ0) is 12.4. The predicted octanol–water partition coefficient (Wildman–Crippen LogP) is -0.578. The molecule has 0 aliphatic rings. The molecule has 0 unspecified atom stereocenters. The highest BCUT2D eigenvalue weighted by atomic mass is 16.5. The molecule has 0 aliphatic heterocycles. The summed E-state index contributed by atoms with van der Waals surface area (Å²) in [6, 6.07) is -1.43. The lowest BCUT2D eigenvalue weighted by Gasteiger charge is -2.10. The Morgan fingerprint density at radius 3 is 2.56 bits per heavy atom. The van der Waals surface area contributed by atoms with E-state index in [2.05, 4.69) is 10.6 Å². The molecule has 0 aliphatic carbocycles. The lowest BCUT2D eigenvalue weighted by molar-refractivity contribution is -0.138. The average molecular weight is 234 g/mol. The Kier molecular flexibility index (Phi) is 8.18. The van der Waals surface area contributed by atoms with Gasteiger partial charge >= 0.3 is 12.0 Å². The van der Waals surface area contributed by atoms with Gasteiger partial charge in [-0.05, 0) is 6.92 Å². The quantitative estimate of drug-likeness (QED) is 0.488. The number of methoxy groups -OCH3 is 1. The Bertz CT molecular complexity index is 222. The molecule has 0 saturated heterocycles. The second kappa shape index (κ2) is 8.93. The molecule has 0 rings (SSSR count). The standard InChI is InChI=1S/C9H18N2O5/c1-7(8(12)13)11-9(14)10-3-4-16-6-5-15-2/h7H,3-6H2,1-2H3,(H,12,13)(H2,10,11,14)/t7-/m1/s1. The smallest absolute Gasteiger partial charge is 0.325 e. The van der Waals surface area contributed by atoms with Gasteiger partial charge in [0.25, 0.3) is 0 Å². The molecule has 7 nitrogen and oxygen atoms in total. The number of amides is 2. The fourth-order valence-electron chi connectivity index (χ4n) is 0.790. The molecule has 3 N–H and O–H groups in total. The second-order valence-corrected chi connectivity index (χ2v) is 3.07. The van der Waals surface area contributed by atoms with Crippen molar-refractivity contribution in [2.45, 2.75) is 13.0 Å². The fourth-order valence-corrected chi connectivity index (χ4v) is 0.790. The number of hydrogen-bond acceptors (Lipinski definition) is 4. The van der Waals surface area contributed by atoms with Crippen LogP contribution < -0.4 is 10.6 Å². The Hall–Kier alpha value is -1.34. The van der Waals surface area contributed by atoms with Crippen LogP contribution in [0.5, 0.6) is 0 Å². The van der Waals surface area contributed by atoms with E-state index in [0.717, 1.165) is 0 Å². The average Bonchev–Trinajstić information content (AvgIpc) is 2.23. The molecule has 0 heterocycles. The van der Waals surface area contributed by atoms with Crippen LogP contribution in [0.15, 0.2) is 0 Å². The molecule has 0 fully saturated rings. The monoisotopic (exact) mass is 234 g/mol. The number of nitrogens with one attached hydrogen (secondary N) is 2. The van der Waals surface area contributed by atoms with Crippen LogP contribution in [-0.2, 0) is 14.3 Å². The van der Waals surface area contributed by atoms with Gasteiger partial charge in [0.15, 0.2) is 0 Å². The number of carboxylic acid groups (broad SMARTS) is 1. The molecule has 0 aromatic heterocycles. The van der Waals surface area contributed by atoms with Crippen molar-refractivity contribution >= 4 is 12.0 Å². The third-order valence-corrected chi connectivity index (χ3v) is 1.68. The van der Waals surface area contributed by atoms with Crippen molar-refractivity contribution in [3.05, 3.63) is 0 Å². The fraction of sp³-hybridized carbons (Fsp3) is 0.778. The number of urea groups is 1.